The van der Waals surface area contributed by atoms with Crippen LogP contribution in [0.25, 0.3) is 0 Å². The van der Waals surface area contributed by atoms with Gasteiger partial charge in [0.2, 0.25) is 0 Å². The zero-order chi connectivity index (χ0) is 11.6. The van der Waals surface area contributed by atoms with Crippen LogP contribution in [0, 0.1) is 6.92 Å². The average molecular weight is 215 g/mol. The van der Waals surface area contributed by atoms with Crippen molar-refractivity contribution in [3.63, 3.8) is 0 Å². The van der Waals surface area contributed by atoms with E-state index in [-0.39, 0.29) is 5.56 Å². The van der Waals surface area contributed by atoms with Crippen molar-refractivity contribution in [2.24, 2.45) is 5.73 Å². The van der Waals surface area contributed by atoms with Crippen molar-refractivity contribution in [2.75, 3.05) is 0 Å². The molecule has 0 aliphatic rings. The molecule has 0 aliphatic carbocycles. The van der Waals surface area contributed by atoms with Crippen molar-refractivity contribution in [2.45, 2.75) is 18.9 Å². The maximum absolute atomic E-state index is 13.0. The second-order valence-electron chi connectivity index (χ2n) is 3.32. The summed E-state index contributed by atoms with van der Waals surface area (Å²) in [6, 6.07) is 4.18. The Morgan fingerprint density at radius 1 is 1.40 bits per heavy atom. The summed E-state index contributed by atoms with van der Waals surface area (Å²) in [5.41, 5.74) is 6.19. The van der Waals surface area contributed by atoms with Crippen molar-refractivity contribution in [3.05, 3.63) is 35.4 Å². The van der Waals surface area contributed by atoms with Gasteiger partial charge >= 0.3 is 11.9 Å². The van der Waals surface area contributed by atoms with Crippen LogP contribution in [-0.4, -0.2) is 17.0 Å². The van der Waals surface area contributed by atoms with Gasteiger partial charge in [0.05, 0.1) is 0 Å². The van der Waals surface area contributed by atoms with Crippen LogP contribution in [0.3, 0.4) is 0 Å². The van der Waals surface area contributed by atoms with E-state index < -0.39 is 17.9 Å². The molecule has 0 bridgehead atoms. The maximum atomic E-state index is 13.0. The minimum absolute atomic E-state index is 0.105. The zero-order valence-corrected chi connectivity index (χ0v) is 8.08. The van der Waals surface area contributed by atoms with Crippen LogP contribution < -0.4 is 5.73 Å². The van der Waals surface area contributed by atoms with Crippen LogP contribution >= 0.6 is 0 Å². The molecule has 0 heterocycles. The number of carbonyl (C=O) groups is 1. The molecule has 5 heteroatoms. The molecule has 0 saturated heterocycles. The predicted octanol–water partition coefficient (Wildman–Crippen LogP) is 1.71. The topological polar surface area (TPSA) is 63.3 Å². The lowest BCUT2D eigenvalue weighted by atomic mass is 10.0. The highest BCUT2D eigenvalue weighted by Gasteiger charge is 2.46. The summed E-state index contributed by atoms with van der Waals surface area (Å²) in [5, 5.41) is 8.30. The van der Waals surface area contributed by atoms with Gasteiger partial charge in [0, 0.05) is 0 Å². The highest BCUT2D eigenvalue weighted by Crippen LogP contribution is 2.29. The van der Waals surface area contributed by atoms with E-state index in [1.165, 1.54) is 12.1 Å². The molecular formula is C10H11F2NO2. The lowest BCUT2D eigenvalue weighted by molar-refractivity contribution is -0.168. The molecule has 0 aromatic heterocycles. The van der Waals surface area contributed by atoms with Crippen molar-refractivity contribution >= 4 is 5.97 Å². The summed E-state index contributed by atoms with van der Waals surface area (Å²) in [7, 11) is 0. The number of aryl methyl sites for hydroxylation is 1. The van der Waals surface area contributed by atoms with E-state index in [4.69, 9.17) is 10.8 Å². The number of rotatable bonds is 3. The number of aliphatic carboxylic acids is 1. The summed E-state index contributed by atoms with van der Waals surface area (Å²) in [5.74, 6) is -6.16. The minimum Gasteiger partial charge on any atom is -0.477 e. The van der Waals surface area contributed by atoms with Crippen molar-refractivity contribution < 1.29 is 18.7 Å². The van der Waals surface area contributed by atoms with Crippen LogP contribution in [-0.2, 0) is 4.79 Å². The highest BCUT2D eigenvalue weighted by atomic mass is 19.3. The Morgan fingerprint density at radius 3 is 2.27 bits per heavy atom. The van der Waals surface area contributed by atoms with Crippen molar-refractivity contribution in [1.29, 1.82) is 0 Å². The van der Waals surface area contributed by atoms with E-state index in [1.807, 2.05) is 0 Å². The van der Waals surface area contributed by atoms with E-state index in [1.54, 1.807) is 19.1 Å². The number of hydrogen-bond acceptors (Lipinski definition) is 2. The molecule has 0 amide bonds. The lowest BCUT2D eigenvalue weighted by Crippen LogP contribution is -2.40. The van der Waals surface area contributed by atoms with Gasteiger partial charge < -0.3 is 10.8 Å². The number of halogens is 2. The van der Waals surface area contributed by atoms with Gasteiger partial charge in [-0.2, -0.15) is 8.78 Å². The molecule has 3 N–H and O–H groups in total. The van der Waals surface area contributed by atoms with Gasteiger partial charge in [-0.05, 0) is 12.5 Å². The highest BCUT2D eigenvalue weighted by molar-refractivity contribution is 5.76. The fourth-order valence-corrected chi connectivity index (χ4v) is 1.12. The quantitative estimate of drug-likeness (QED) is 0.806. The number of alkyl halides is 2. The summed E-state index contributed by atoms with van der Waals surface area (Å²) in [6.45, 7) is 1.80. The first-order valence-corrected chi connectivity index (χ1v) is 4.29. The maximum Gasteiger partial charge on any atom is 0.376 e. The van der Waals surface area contributed by atoms with Crippen LogP contribution in [0.1, 0.15) is 17.2 Å². The fourth-order valence-electron chi connectivity index (χ4n) is 1.12. The Morgan fingerprint density at radius 2 is 1.87 bits per heavy atom. The van der Waals surface area contributed by atoms with Crippen molar-refractivity contribution in [1.82, 2.24) is 0 Å². The molecule has 15 heavy (non-hydrogen) atoms. The van der Waals surface area contributed by atoms with Gasteiger partial charge in [0.1, 0.15) is 6.04 Å². The van der Waals surface area contributed by atoms with Gasteiger partial charge in [-0.1, -0.05) is 29.8 Å². The molecule has 0 fully saturated rings. The van der Waals surface area contributed by atoms with Crippen LogP contribution in [0.5, 0.6) is 0 Å². The number of hydrogen-bond donors (Lipinski definition) is 2. The van der Waals surface area contributed by atoms with E-state index >= 15 is 0 Å². The van der Waals surface area contributed by atoms with Gasteiger partial charge in [-0.3, -0.25) is 0 Å². The number of carboxylic acid groups (broad SMARTS) is 1. The standard InChI is InChI=1S/C10H11F2NO2/c1-6-2-4-7(5-3-6)8(13)10(11,12)9(14)15/h2-5,8H,13H2,1H3,(H,14,15). The SMILES string of the molecule is Cc1ccc(C(N)C(F)(F)C(=O)O)cc1. The summed E-state index contributed by atoms with van der Waals surface area (Å²) >= 11 is 0. The largest absolute Gasteiger partial charge is 0.477 e. The third-order valence-corrected chi connectivity index (χ3v) is 2.11. The first-order chi connectivity index (χ1) is 6.85. The van der Waals surface area contributed by atoms with Crippen LogP contribution in [0.4, 0.5) is 8.78 Å². The first kappa shape index (κ1) is 11.6. The second kappa shape index (κ2) is 3.94. The fraction of sp³-hybridized carbons (Fsp3) is 0.300. The number of nitrogens with two attached hydrogens (primary N) is 1. The van der Waals surface area contributed by atoms with Gasteiger partial charge in [0.25, 0.3) is 0 Å². The monoisotopic (exact) mass is 215 g/mol. The summed E-state index contributed by atoms with van der Waals surface area (Å²) < 4.78 is 26.0. The number of benzene rings is 1. The first-order valence-electron chi connectivity index (χ1n) is 4.29. The van der Waals surface area contributed by atoms with Crippen LogP contribution in [0.15, 0.2) is 24.3 Å². The van der Waals surface area contributed by atoms with E-state index in [0.29, 0.717) is 0 Å². The summed E-state index contributed by atoms with van der Waals surface area (Å²) in [6.07, 6.45) is 0. The number of carboxylic acids is 1. The molecule has 1 aromatic rings. The minimum atomic E-state index is -3.95. The third kappa shape index (κ3) is 2.30. The normalized spacial score (nSPS) is 13.6. The molecule has 1 aromatic carbocycles. The van der Waals surface area contributed by atoms with Gasteiger partial charge in [0.15, 0.2) is 0 Å². The van der Waals surface area contributed by atoms with Gasteiger partial charge in [-0.15, -0.1) is 0 Å². The molecule has 3 nitrogen and oxygen atoms in total. The molecule has 1 atom stereocenters. The predicted molar refractivity (Wildman–Crippen MR) is 50.7 cm³/mol. The van der Waals surface area contributed by atoms with Crippen molar-refractivity contribution in [3.8, 4) is 0 Å². The Kier molecular flexibility index (Phi) is 3.04. The Bertz CT molecular complexity index is 362. The van der Waals surface area contributed by atoms with Crippen LogP contribution in [0.2, 0.25) is 0 Å². The molecule has 1 rings (SSSR count). The molecule has 82 valence electrons. The Balaban J connectivity index is 2.99. The third-order valence-electron chi connectivity index (χ3n) is 2.11. The molecular weight excluding hydrogens is 204 g/mol. The van der Waals surface area contributed by atoms with E-state index in [2.05, 4.69) is 0 Å². The smallest absolute Gasteiger partial charge is 0.376 e. The Hall–Kier alpha value is -1.49. The zero-order valence-electron chi connectivity index (χ0n) is 8.08. The van der Waals surface area contributed by atoms with E-state index in [0.717, 1.165) is 5.56 Å². The lowest BCUT2D eigenvalue weighted by Gasteiger charge is -2.19. The molecule has 0 aliphatic heterocycles. The van der Waals surface area contributed by atoms with E-state index in [9.17, 15) is 13.6 Å². The Labute approximate surface area is 85.5 Å². The molecule has 0 spiro atoms. The second-order valence-corrected chi connectivity index (χ2v) is 3.32. The molecule has 0 saturated carbocycles. The average Bonchev–Trinajstić information content (AvgIpc) is 2.17. The molecule has 1 unspecified atom stereocenters. The molecule has 0 radical (unpaired) electrons. The van der Waals surface area contributed by atoms with Gasteiger partial charge in [-0.25, -0.2) is 4.79 Å². The summed E-state index contributed by atoms with van der Waals surface area (Å²) in [4.78, 5) is 10.3.